The summed E-state index contributed by atoms with van der Waals surface area (Å²) in [4.78, 5) is 11.8. The maximum atomic E-state index is 11.8. The minimum atomic E-state index is -0.157. The summed E-state index contributed by atoms with van der Waals surface area (Å²) in [6, 6.07) is 3.27. The van der Waals surface area contributed by atoms with Crippen molar-refractivity contribution in [2.75, 3.05) is 13.7 Å². The lowest BCUT2D eigenvalue weighted by Crippen LogP contribution is -2.30. The summed E-state index contributed by atoms with van der Waals surface area (Å²) >= 11 is 0. The predicted octanol–water partition coefficient (Wildman–Crippen LogP) is 1.80. The van der Waals surface area contributed by atoms with E-state index in [0.29, 0.717) is 17.5 Å². The fourth-order valence-corrected chi connectivity index (χ4v) is 2.27. The summed E-state index contributed by atoms with van der Waals surface area (Å²) in [6.07, 6.45) is 6.32. The zero-order valence-corrected chi connectivity index (χ0v) is 10.7. The lowest BCUT2D eigenvalue weighted by atomic mass is 9.89. The third kappa shape index (κ3) is 3.42. The molecule has 0 atom stereocenters. The van der Waals surface area contributed by atoms with E-state index in [1.165, 1.54) is 39.2 Å². The summed E-state index contributed by atoms with van der Waals surface area (Å²) in [7, 11) is 1.52. The molecule has 0 spiro atoms. The summed E-state index contributed by atoms with van der Waals surface area (Å²) in [6.45, 7) is 0.743. The number of amides is 1. The molecule has 0 saturated heterocycles. The number of hydrogen-bond donors (Lipinski definition) is 1. The smallest absolute Gasteiger partial charge is 0.271 e. The fraction of sp³-hybridized carbons (Fsp3) is 0.615. The first kappa shape index (κ1) is 12.8. The molecule has 98 valence electrons. The van der Waals surface area contributed by atoms with Crippen LogP contribution in [0, 0.1) is 5.92 Å². The molecule has 1 N–H and O–H groups in total. The van der Waals surface area contributed by atoms with E-state index >= 15 is 0 Å². The number of rotatable bonds is 4. The van der Waals surface area contributed by atoms with Crippen molar-refractivity contribution < 1.29 is 9.53 Å². The van der Waals surface area contributed by atoms with Gasteiger partial charge >= 0.3 is 0 Å². The van der Waals surface area contributed by atoms with Crippen LogP contribution in [-0.4, -0.2) is 29.8 Å². The van der Waals surface area contributed by atoms with Crippen LogP contribution in [0.4, 0.5) is 0 Å². The Morgan fingerprint density at radius 1 is 1.33 bits per heavy atom. The van der Waals surface area contributed by atoms with Crippen LogP contribution in [0.15, 0.2) is 12.1 Å². The van der Waals surface area contributed by atoms with Crippen LogP contribution in [-0.2, 0) is 0 Å². The second-order valence-corrected chi connectivity index (χ2v) is 4.67. The molecule has 1 saturated carbocycles. The van der Waals surface area contributed by atoms with E-state index in [1.54, 1.807) is 12.1 Å². The number of aromatic nitrogens is 2. The Bertz CT molecular complexity index is 386. The minimum Gasteiger partial charge on any atom is -0.480 e. The number of ether oxygens (including phenoxy) is 1. The van der Waals surface area contributed by atoms with Gasteiger partial charge in [-0.1, -0.05) is 19.3 Å². The van der Waals surface area contributed by atoms with E-state index in [2.05, 4.69) is 15.5 Å². The molecule has 0 aromatic carbocycles. The highest BCUT2D eigenvalue weighted by Gasteiger charge is 2.15. The molecule has 0 radical (unpaired) electrons. The van der Waals surface area contributed by atoms with Crippen LogP contribution < -0.4 is 10.1 Å². The molecule has 1 aromatic heterocycles. The Balaban J connectivity index is 1.82. The van der Waals surface area contributed by atoms with Crippen LogP contribution in [0.3, 0.4) is 0 Å². The topological polar surface area (TPSA) is 64.1 Å². The summed E-state index contributed by atoms with van der Waals surface area (Å²) in [5.41, 5.74) is 0.339. The third-order valence-corrected chi connectivity index (χ3v) is 3.36. The lowest BCUT2D eigenvalue weighted by molar-refractivity contribution is 0.0937. The number of carbonyl (C=O) groups is 1. The Morgan fingerprint density at radius 2 is 2.11 bits per heavy atom. The maximum absolute atomic E-state index is 11.8. The number of hydrogen-bond acceptors (Lipinski definition) is 4. The number of methoxy groups -OCH3 is 1. The maximum Gasteiger partial charge on any atom is 0.271 e. The Hall–Kier alpha value is -1.65. The summed E-state index contributed by atoms with van der Waals surface area (Å²) in [5.74, 6) is 0.878. The molecule has 1 amide bonds. The highest BCUT2D eigenvalue weighted by atomic mass is 16.5. The van der Waals surface area contributed by atoms with Crippen LogP contribution in [0.1, 0.15) is 42.6 Å². The monoisotopic (exact) mass is 249 g/mol. The van der Waals surface area contributed by atoms with Gasteiger partial charge < -0.3 is 10.1 Å². The van der Waals surface area contributed by atoms with Gasteiger partial charge in [0.1, 0.15) is 0 Å². The Kier molecular flexibility index (Phi) is 4.50. The van der Waals surface area contributed by atoms with E-state index in [-0.39, 0.29) is 5.91 Å². The number of nitrogens with one attached hydrogen (secondary N) is 1. The quantitative estimate of drug-likeness (QED) is 0.883. The first-order chi connectivity index (χ1) is 8.79. The lowest BCUT2D eigenvalue weighted by Gasteiger charge is -2.21. The molecule has 18 heavy (non-hydrogen) atoms. The van der Waals surface area contributed by atoms with E-state index in [0.717, 1.165) is 6.54 Å². The highest BCUT2D eigenvalue weighted by Crippen LogP contribution is 2.22. The normalized spacial score (nSPS) is 16.3. The number of carbonyl (C=O) groups excluding carboxylic acids is 1. The summed E-state index contributed by atoms with van der Waals surface area (Å²) < 4.78 is 4.90. The van der Waals surface area contributed by atoms with Crippen LogP contribution >= 0.6 is 0 Å². The van der Waals surface area contributed by atoms with Gasteiger partial charge in [-0.3, -0.25) is 4.79 Å². The van der Waals surface area contributed by atoms with Crippen molar-refractivity contribution in [1.29, 1.82) is 0 Å². The van der Waals surface area contributed by atoms with E-state index in [1.807, 2.05) is 0 Å². The van der Waals surface area contributed by atoms with Crippen LogP contribution in [0.5, 0.6) is 5.88 Å². The zero-order valence-electron chi connectivity index (χ0n) is 10.7. The van der Waals surface area contributed by atoms with E-state index in [4.69, 9.17) is 4.74 Å². The molecule has 5 heteroatoms. The molecule has 5 nitrogen and oxygen atoms in total. The first-order valence-corrected chi connectivity index (χ1v) is 6.45. The Labute approximate surface area is 107 Å². The molecular weight excluding hydrogens is 230 g/mol. The first-order valence-electron chi connectivity index (χ1n) is 6.45. The average Bonchev–Trinajstić information content (AvgIpc) is 2.46. The van der Waals surface area contributed by atoms with Gasteiger partial charge in [0.15, 0.2) is 5.69 Å². The van der Waals surface area contributed by atoms with Gasteiger partial charge in [-0.05, 0) is 24.8 Å². The van der Waals surface area contributed by atoms with Gasteiger partial charge in [-0.25, -0.2) is 0 Å². The molecule has 1 aliphatic rings. The molecule has 0 aliphatic heterocycles. The van der Waals surface area contributed by atoms with Crippen LogP contribution in [0.2, 0.25) is 0 Å². The molecule has 0 unspecified atom stereocenters. The van der Waals surface area contributed by atoms with Crippen molar-refractivity contribution in [2.24, 2.45) is 5.92 Å². The second kappa shape index (κ2) is 6.33. The van der Waals surface area contributed by atoms with Crippen molar-refractivity contribution in [3.05, 3.63) is 17.8 Å². The molecular formula is C13H19N3O2. The van der Waals surface area contributed by atoms with E-state index < -0.39 is 0 Å². The van der Waals surface area contributed by atoms with Crippen LogP contribution in [0.25, 0.3) is 0 Å². The van der Waals surface area contributed by atoms with Gasteiger partial charge in [-0.2, -0.15) is 0 Å². The van der Waals surface area contributed by atoms with Gasteiger partial charge in [0.05, 0.1) is 7.11 Å². The Morgan fingerprint density at radius 3 is 2.72 bits per heavy atom. The molecule has 2 rings (SSSR count). The molecule has 1 aromatic rings. The molecule has 0 bridgehead atoms. The minimum absolute atomic E-state index is 0.157. The van der Waals surface area contributed by atoms with Crippen molar-refractivity contribution in [2.45, 2.75) is 32.1 Å². The van der Waals surface area contributed by atoms with Gasteiger partial charge in [0.25, 0.3) is 5.91 Å². The molecule has 1 fully saturated rings. The second-order valence-electron chi connectivity index (χ2n) is 4.67. The fourth-order valence-electron chi connectivity index (χ4n) is 2.27. The molecule has 1 heterocycles. The van der Waals surface area contributed by atoms with Gasteiger partial charge in [-0.15, -0.1) is 10.2 Å². The van der Waals surface area contributed by atoms with Gasteiger partial charge in [0.2, 0.25) is 5.88 Å². The standard InChI is InChI=1S/C13H19N3O2/c1-18-12-8-7-11(15-16-12)13(17)14-9-10-5-3-2-4-6-10/h7-8,10H,2-6,9H2,1H3,(H,14,17). The third-order valence-electron chi connectivity index (χ3n) is 3.36. The average molecular weight is 249 g/mol. The SMILES string of the molecule is COc1ccc(C(=O)NCC2CCCCC2)nn1. The van der Waals surface area contributed by atoms with E-state index in [9.17, 15) is 4.79 Å². The summed E-state index contributed by atoms with van der Waals surface area (Å²) in [5, 5.41) is 10.5. The van der Waals surface area contributed by atoms with Crippen molar-refractivity contribution in [3.63, 3.8) is 0 Å². The predicted molar refractivity (Wildman–Crippen MR) is 67.5 cm³/mol. The number of nitrogens with zero attached hydrogens (tertiary/aromatic N) is 2. The molecule has 1 aliphatic carbocycles. The van der Waals surface area contributed by atoms with Crippen molar-refractivity contribution in [3.8, 4) is 5.88 Å². The zero-order chi connectivity index (χ0) is 12.8. The van der Waals surface area contributed by atoms with Crippen molar-refractivity contribution >= 4 is 5.91 Å². The highest BCUT2D eigenvalue weighted by molar-refractivity contribution is 5.92. The van der Waals surface area contributed by atoms with Crippen molar-refractivity contribution in [1.82, 2.24) is 15.5 Å². The van der Waals surface area contributed by atoms with Gasteiger partial charge in [0, 0.05) is 12.6 Å². The largest absolute Gasteiger partial charge is 0.480 e.